The summed E-state index contributed by atoms with van der Waals surface area (Å²) >= 11 is 1.70. The van der Waals surface area contributed by atoms with Gasteiger partial charge in [0.2, 0.25) is 0 Å². The first-order chi connectivity index (χ1) is 35.0. The summed E-state index contributed by atoms with van der Waals surface area (Å²) in [4.78, 5) is 9.74. The monoisotopic (exact) mass is 960 g/mol. The van der Waals surface area contributed by atoms with Crippen LogP contribution in [0.25, 0.3) is 88.8 Å². The van der Waals surface area contributed by atoms with Gasteiger partial charge in [0.15, 0.2) is 0 Å². The summed E-state index contributed by atoms with van der Waals surface area (Å²) in [6.45, 7) is 0.701. The molecule has 0 amide bonds. The molecule has 0 fully saturated rings. The molecule has 0 saturated heterocycles. The van der Waals surface area contributed by atoms with Gasteiger partial charge in [0, 0.05) is 42.7 Å². The van der Waals surface area contributed by atoms with Gasteiger partial charge in [-0.05, 0) is 129 Å². The van der Waals surface area contributed by atoms with Crippen molar-refractivity contribution in [3.05, 3.63) is 182 Å². The molecule has 10 aromatic rings. The second kappa shape index (κ2) is 21.9. The Labute approximate surface area is 415 Å². The molecule has 0 aliphatic rings. The number of H-pyrrole nitrogens is 2. The molecule has 0 unspecified atom stereocenters. The summed E-state index contributed by atoms with van der Waals surface area (Å²) in [5.41, 5.74) is 14.5. The number of aliphatic hydroxyl groups excluding tert-OH is 4. The molecule has 10 rings (SSSR count). The molecule has 10 nitrogen and oxygen atoms in total. The van der Waals surface area contributed by atoms with Crippen LogP contribution in [0.3, 0.4) is 0 Å². The van der Waals surface area contributed by atoms with E-state index in [0.717, 1.165) is 98.6 Å². The molecule has 0 spiro atoms. The molecule has 0 saturated carbocycles. The fourth-order valence-corrected chi connectivity index (χ4v) is 9.87. The third kappa shape index (κ3) is 10.3. The summed E-state index contributed by atoms with van der Waals surface area (Å²) in [6.07, 6.45) is 0. The van der Waals surface area contributed by atoms with Crippen molar-refractivity contribution in [1.82, 2.24) is 9.97 Å². The van der Waals surface area contributed by atoms with Crippen LogP contribution in [0.4, 0.5) is 0 Å². The lowest BCUT2D eigenvalue weighted by molar-refractivity contribution is 0.201. The number of hydrogen-bond donors (Lipinski definition) is 6. The summed E-state index contributed by atoms with van der Waals surface area (Å²) in [7, 11) is 0. The predicted molar refractivity (Wildman–Crippen MR) is 284 cm³/mol. The van der Waals surface area contributed by atoms with Gasteiger partial charge in [0.1, 0.15) is 49.4 Å². The Hall–Kier alpha value is -7.77. The van der Waals surface area contributed by atoms with E-state index in [2.05, 4.69) is 119 Å². The van der Waals surface area contributed by atoms with Gasteiger partial charge in [-0.25, -0.2) is 0 Å². The lowest BCUT2D eigenvalue weighted by Crippen LogP contribution is -2.01. The highest BCUT2D eigenvalue weighted by Crippen LogP contribution is 2.46. The van der Waals surface area contributed by atoms with Crippen LogP contribution in [0.15, 0.2) is 192 Å². The van der Waals surface area contributed by atoms with Crippen LogP contribution >= 0.6 is 11.8 Å². The topological polar surface area (TPSA) is 149 Å². The second-order valence-corrected chi connectivity index (χ2v) is 17.9. The van der Waals surface area contributed by atoms with Crippen molar-refractivity contribution in [2.75, 3.05) is 52.9 Å². The van der Waals surface area contributed by atoms with Gasteiger partial charge < -0.3 is 49.3 Å². The van der Waals surface area contributed by atoms with Crippen LogP contribution in [-0.4, -0.2) is 83.2 Å². The molecule has 0 aliphatic carbocycles. The van der Waals surface area contributed by atoms with Crippen molar-refractivity contribution in [3.63, 3.8) is 0 Å². The maximum atomic E-state index is 9.35. The Morgan fingerprint density at radius 3 is 0.930 bits per heavy atom. The van der Waals surface area contributed by atoms with Crippen molar-refractivity contribution in [2.45, 2.75) is 9.79 Å². The number of aliphatic hydroxyl groups is 4. The van der Waals surface area contributed by atoms with Crippen LogP contribution in [0.5, 0.6) is 23.0 Å². The largest absolute Gasteiger partial charge is 0.491 e. The van der Waals surface area contributed by atoms with E-state index in [-0.39, 0.29) is 52.9 Å². The smallest absolute Gasteiger partial charge is 0.119 e. The zero-order valence-electron chi connectivity index (χ0n) is 38.8. The summed E-state index contributed by atoms with van der Waals surface area (Å²) in [6, 6.07) is 61.9. The molecule has 0 radical (unpaired) electrons. The normalized spacial score (nSPS) is 11.3. The Bertz CT molecular complexity index is 3120. The highest BCUT2D eigenvalue weighted by molar-refractivity contribution is 7.99. The molecule has 11 heteroatoms. The first-order valence-corrected chi connectivity index (χ1v) is 24.4. The SMILES string of the molecule is OCCOc1ccc(-c2cccc3[nH]c(-c4ccc(Sc5ccc(-c6[nH]c7cccc(-c8ccc(OCCO)cc8)c7c6-c6ccc(OCCO)cc6)cc5)cc4)c(-c4ccc(OCCO)cc4)c23)cc1. The quantitative estimate of drug-likeness (QED) is 0.0439. The molecule has 356 valence electrons. The van der Waals surface area contributed by atoms with Crippen LogP contribution in [-0.2, 0) is 0 Å². The molecule has 0 atom stereocenters. The maximum absolute atomic E-state index is 9.35. The number of nitrogens with one attached hydrogen (secondary N) is 2. The fourth-order valence-electron chi connectivity index (χ4n) is 9.05. The molecular weight excluding hydrogens is 909 g/mol. The van der Waals surface area contributed by atoms with Crippen LogP contribution in [0.1, 0.15) is 0 Å². The summed E-state index contributed by atoms with van der Waals surface area (Å²) in [5.74, 6) is 2.78. The number of hydrogen-bond acceptors (Lipinski definition) is 9. The molecular formula is C60H52N2O8S. The molecule has 2 aromatic heterocycles. The minimum atomic E-state index is -0.0593. The average Bonchev–Trinajstić information content (AvgIpc) is 4.02. The number of fused-ring (bicyclic) bond motifs is 2. The van der Waals surface area contributed by atoms with E-state index in [1.54, 1.807) is 11.8 Å². The zero-order chi connectivity index (χ0) is 48.5. The van der Waals surface area contributed by atoms with Gasteiger partial charge in [0.05, 0.1) is 37.8 Å². The number of aromatic nitrogens is 2. The van der Waals surface area contributed by atoms with Crippen LogP contribution < -0.4 is 18.9 Å². The van der Waals surface area contributed by atoms with Crippen LogP contribution in [0.2, 0.25) is 0 Å². The Kier molecular flexibility index (Phi) is 14.5. The Morgan fingerprint density at radius 1 is 0.324 bits per heavy atom. The number of benzene rings is 8. The maximum Gasteiger partial charge on any atom is 0.119 e. The first-order valence-electron chi connectivity index (χ1n) is 23.6. The second-order valence-electron chi connectivity index (χ2n) is 16.7. The van der Waals surface area contributed by atoms with Gasteiger partial charge in [-0.3, -0.25) is 0 Å². The van der Waals surface area contributed by atoms with E-state index in [1.165, 1.54) is 0 Å². The van der Waals surface area contributed by atoms with E-state index in [4.69, 9.17) is 18.9 Å². The van der Waals surface area contributed by atoms with Gasteiger partial charge in [-0.1, -0.05) is 109 Å². The van der Waals surface area contributed by atoms with E-state index < -0.39 is 0 Å². The van der Waals surface area contributed by atoms with E-state index in [1.807, 2.05) is 72.8 Å². The van der Waals surface area contributed by atoms with Gasteiger partial charge in [0.25, 0.3) is 0 Å². The average molecular weight is 961 g/mol. The highest BCUT2D eigenvalue weighted by atomic mass is 32.2. The van der Waals surface area contributed by atoms with Gasteiger partial charge in [-0.2, -0.15) is 0 Å². The van der Waals surface area contributed by atoms with E-state index >= 15 is 0 Å². The molecule has 0 aliphatic heterocycles. The van der Waals surface area contributed by atoms with Crippen LogP contribution in [0, 0.1) is 0 Å². The lowest BCUT2D eigenvalue weighted by Gasteiger charge is -2.12. The minimum absolute atomic E-state index is 0.0486. The van der Waals surface area contributed by atoms with E-state index in [9.17, 15) is 20.4 Å². The molecule has 2 heterocycles. The summed E-state index contributed by atoms with van der Waals surface area (Å²) in [5, 5.41) is 39.4. The molecule has 0 bridgehead atoms. The number of rotatable bonds is 20. The molecule has 6 N–H and O–H groups in total. The fraction of sp³-hybridized carbons (Fsp3) is 0.133. The molecule has 8 aromatic carbocycles. The first kappa shape index (κ1) is 46.9. The third-order valence-corrected chi connectivity index (χ3v) is 13.2. The Morgan fingerprint density at radius 2 is 0.620 bits per heavy atom. The third-order valence-electron chi connectivity index (χ3n) is 12.2. The Balaban J connectivity index is 0.966. The predicted octanol–water partition coefficient (Wildman–Crippen LogP) is 12.3. The lowest BCUT2D eigenvalue weighted by atomic mass is 9.93. The summed E-state index contributed by atoms with van der Waals surface area (Å²) < 4.78 is 22.8. The van der Waals surface area contributed by atoms with Gasteiger partial charge >= 0.3 is 0 Å². The van der Waals surface area contributed by atoms with E-state index in [0.29, 0.717) is 23.0 Å². The van der Waals surface area contributed by atoms with Crippen molar-refractivity contribution >= 4 is 33.6 Å². The minimum Gasteiger partial charge on any atom is -0.491 e. The zero-order valence-corrected chi connectivity index (χ0v) is 39.6. The molecule has 71 heavy (non-hydrogen) atoms. The van der Waals surface area contributed by atoms with Crippen molar-refractivity contribution < 1.29 is 39.4 Å². The van der Waals surface area contributed by atoms with Crippen molar-refractivity contribution in [3.8, 4) is 90.0 Å². The number of ether oxygens (including phenoxy) is 4. The standard InChI is InChI=1S/C60H52N2O8S/c63-31-35-67-45-19-7-39(8-20-45)51-3-1-5-53-57(51)55(41-11-23-47(24-12-41)69-37-33-65)59(61-53)43-15-27-49(28-16-43)71-50-29-17-44(18-30-50)60-56(42-13-25-48(26-14-42)70-38-34-66)58-52(4-2-6-54(58)62-60)40-9-21-46(22-10-40)68-36-32-64/h1-30,61-66H,31-38H2. The van der Waals surface area contributed by atoms with Gasteiger partial charge in [-0.15, -0.1) is 0 Å². The van der Waals surface area contributed by atoms with Crippen molar-refractivity contribution in [2.24, 2.45) is 0 Å². The number of aromatic amines is 2. The highest BCUT2D eigenvalue weighted by Gasteiger charge is 2.21. The van der Waals surface area contributed by atoms with Crippen molar-refractivity contribution in [1.29, 1.82) is 0 Å².